The molecule has 2 bridgehead atoms. The van der Waals surface area contributed by atoms with Crippen LogP contribution in [-0.2, 0) is 22.3 Å². The molecule has 2 saturated heterocycles. The molecule has 2 aliphatic heterocycles. The van der Waals surface area contributed by atoms with Crippen LogP contribution in [0.25, 0.3) is 22.5 Å². The van der Waals surface area contributed by atoms with Crippen molar-refractivity contribution in [2.24, 2.45) is 0 Å². The number of fused-ring (bicyclic) bond motifs is 2. The van der Waals surface area contributed by atoms with Gasteiger partial charge in [0.05, 0.1) is 36.6 Å². The Hall–Kier alpha value is -4.11. The highest BCUT2D eigenvalue weighted by Crippen LogP contribution is 2.47. The third-order valence-electron chi connectivity index (χ3n) is 9.03. The van der Waals surface area contributed by atoms with Gasteiger partial charge in [0.25, 0.3) is 0 Å². The maximum atomic E-state index is 13.8. The van der Waals surface area contributed by atoms with Crippen molar-refractivity contribution in [2.75, 3.05) is 12.0 Å². The molecule has 8 nitrogen and oxygen atoms in total. The molecule has 4 heterocycles. The Kier molecular flexibility index (Phi) is 8.38. The third-order valence-corrected chi connectivity index (χ3v) is 9.88. The summed E-state index contributed by atoms with van der Waals surface area (Å²) in [5, 5.41) is 6.56. The van der Waals surface area contributed by atoms with E-state index in [0.717, 1.165) is 44.9 Å². The van der Waals surface area contributed by atoms with Crippen molar-refractivity contribution in [1.29, 1.82) is 0 Å². The number of para-hydroxylation sites is 1. The lowest BCUT2D eigenvalue weighted by Crippen LogP contribution is -2.45. The van der Waals surface area contributed by atoms with Crippen molar-refractivity contribution in [3.8, 4) is 28.3 Å². The summed E-state index contributed by atoms with van der Waals surface area (Å²) >= 11 is 1.34. The number of halogens is 6. The SMILES string of the molecule is COC(=O)c1ccc(-c2csc(N3[C@@H]4CC[C@H]3CC(OCc3c(-c5ccccc5OC(F)(F)F)noc3C3CC3)C4)n2)cc1C(F)(F)F. The number of ether oxygens (including phenoxy) is 3. The standard InChI is InChI=1S/C33H29F6N3O5S/c1-44-30(43)22-11-8-18(12-25(22)32(34,35)36)26-16-48-31(40-26)42-19-9-10-20(42)14-21(13-19)45-15-24-28(41-47-29(24)17-6-7-17)23-4-2-3-5-27(23)46-33(37,38)39/h2-5,8,11-12,16-17,19-21H,6-7,9-10,13-15H2,1H3/t19-,20+,21?. The molecular formula is C33H29F6N3O5S. The van der Waals surface area contributed by atoms with E-state index in [1.54, 1.807) is 11.4 Å². The third kappa shape index (κ3) is 6.49. The van der Waals surface area contributed by atoms with Gasteiger partial charge in [-0.25, -0.2) is 9.78 Å². The van der Waals surface area contributed by atoms with E-state index >= 15 is 0 Å². The average molecular weight is 694 g/mol. The minimum atomic E-state index is -4.87. The first kappa shape index (κ1) is 32.4. The normalized spacial score (nSPS) is 21.1. The van der Waals surface area contributed by atoms with Crippen LogP contribution in [0.4, 0.5) is 31.5 Å². The van der Waals surface area contributed by atoms with E-state index in [2.05, 4.69) is 19.5 Å². The molecule has 0 radical (unpaired) electrons. The van der Waals surface area contributed by atoms with Crippen molar-refractivity contribution in [1.82, 2.24) is 10.1 Å². The number of hydrogen-bond acceptors (Lipinski definition) is 9. The van der Waals surface area contributed by atoms with Crippen LogP contribution >= 0.6 is 11.3 Å². The van der Waals surface area contributed by atoms with E-state index in [1.807, 2.05) is 0 Å². The van der Waals surface area contributed by atoms with Crippen molar-refractivity contribution >= 4 is 22.4 Å². The lowest BCUT2D eigenvalue weighted by molar-refractivity contribution is -0.274. The molecule has 0 N–H and O–H groups in total. The van der Waals surface area contributed by atoms with E-state index in [-0.39, 0.29) is 53.3 Å². The maximum Gasteiger partial charge on any atom is 0.573 e. The number of thiazole rings is 1. The molecule has 3 atom stereocenters. The zero-order valence-electron chi connectivity index (χ0n) is 25.4. The van der Waals surface area contributed by atoms with Gasteiger partial charge < -0.3 is 23.6 Å². The molecule has 48 heavy (non-hydrogen) atoms. The summed E-state index contributed by atoms with van der Waals surface area (Å²) < 4.78 is 102. The Morgan fingerprint density at radius 1 is 1.02 bits per heavy atom. The van der Waals surface area contributed by atoms with Gasteiger partial charge in [-0.2, -0.15) is 13.2 Å². The summed E-state index contributed by atoms with van der Waals surface area (Å²) in [6, 6.07) is 9.45. The second-order valence-electron chi connectivity index (χ2n) is 12.2. The van der Waals surface area contributed by atoms with Gasteiger partial charge in [0, 0.05) is 40.1 Å². The number of carbonyl (C=O) groups is 1. The molecule has 2 aromatic heterocycles. The minimum Gasteiger partial charge on any atom is -0.465 e. The van der Waals surface area contributed by atoms with Gasteiger partial charge in [0.15, 0.2) is 5.13 Å². The van der Waals surface area contributed by atoms with Gasteiger partial charge in [-0.15, -0.1) is 24.5 Å². The molecule has 1 saturated carbocycles. The van der Waals surface area contributed by atoms with Crippen molar-refractivity contribution in [3.63, 3.8) is 0 Å². The molecule has 7 rings (SSSR count). The molecule has 1 unspecified atom stereocenters. The molecular weight excluding hydrogens is 664 g/mol. The number of carbonyl (C=O) groups excluding carboxylic acids is 1. The summed E-state index contributed by atoms with van der Waals surface area (Å²) in [7, 11) is 1.03. The highest BCUT2D eigenvalue weighted by Gasteiger charge is 2.43. The highest BCUT2D eigenvalue weighted by atomic mass is 32.1. The summed E-state index contributed by atoms with van der Waals surface area (Å²) in [6.45, 7) is 0.111. The number of nitrogens with zero attached hydrogens (tertiary/aromatic N) is 3. The molecule has 3 fully saturated rings. The number of esters is 1. The summed E-state index contributed by atoms with van der Waals surface area (Å²) in [5.41, 5.74) is 0.00813. The van der Waals surface area contributed by atoms with Crippen LogP contribution in [0, 0.1) is 0 Å². The molecule has 4 aromatic rings. The molecule has 0 amide bonds. The van der Waals surface area contributed by atoms with E-state index in [4.69, 9.17) is 14.2 Å². The first-order chi connectivity index (χ1) is 22.9. The second-order valence-corrected chi connectivity index (χ2v) is 13.0. The Morgan fingerprint density at radius 3 is 2.42 bits per heavy atom. The van der Waals surface area contributed by atoms with Gasteiger partial charge in [-0.3, -0.25) is 0 Å². The summed E-state index contributed by atoms with van der Waals surface area (Å²) in [6.07, 6.45) is -4.86. The number of hydrogen-bond donors (Lipinski definition) is 0. The number of benzene rings is 2. The van der Waals surface area contributed by atoms with Crippen LogP contribution in [0.3, 0.4) is 0 Å². The first-order valence-corrected chi connectivity index (χ1v) is 16.3. The minimum absolute atomic E-state index is 0.0888. The lowest BCUT2D eigenvalue weighted by Gasteiger charge is -2.38. The van der Waals surface area contributed by atoms with E-state index in [9.17, 15) is 31.1 Å². The van der Waals surface area contributed by atoms with Gasteiger partial charge in [0.2, 0.25) is 0 Å². The quantitative estimate of drug-likeness (QED) is 0.127. The Morgan fingerprint density at radius 2 is 1.75 bits per heavy atom. The van der Waals surface area contributed by atoms with Gasteiger partial charge in [-0.1, -0.05) is 23.4 Å². The number of piperidine rings is 1. The zero-order valence-corrected chi connectivity index (χ0v) is 26.3. The number of rotatable bonds is 9. The molecule has 15 heteroatoms. The summed E-state index contributed by atoms with van der Waals surface area (Å²) in [5.74, 6) is -0.679. The van der Waals surface area contributed by atoms with Crippen LogP contribution in [0.2, 0.25) is 0 Å². The number of anilines is 1. The largest absolute Gasteiger partial charge is 0.573 e. The summed E-state index contributed by atoms with van der Waals surface area (Å²) in [4.78, 5) is 18.9. The number of methoxy groups -OCH3 is 1. The second kappa shape index (κ2) is 12.4. The van der Waals surface area contributed by atoms with E-state index < -0.39 is 29.6 Å². The zero-order chi connectivity index (χ0) is 33.8. The van der Waals surface area contributed by atoms with Crippen LogP contribution < -0.4 is 9.64 Å². The molecule has 3 aliphatic rings. The van der Waals surface area contributed by atoms with Gasteiger partial charge in [0.1, 0.15) is 17.2 Å². The van der Waals surface area contributed by atoms with Crippen LogP contribution in [-0.4, -0.2) is 47.8 Å². The topological polar surface area (TPSA) is 86.9 Å². The predicted octanol–water partition coefficient (Wildman–Crippen LogP) is 8.76. The van der Waals surface area contributed by atoms with Crippen LogP contribution in [0.5, 0.6) is 5.75 Å². The van der Waals surface area contributed by atoms with E-state index in [1.165, 1.54) is 35.6 Å². The molecule has 254 valence electrons. The molecule has 1 aliphatic carbocycles. The maximum absolute atomic E-state index is 13.8. The Balaban J connectivity index is 1.07. The van der Waals surface area contributed by atoms with Crippen molar-refractivity contribution in [3.05, 3.63) is 70.3 Å². The first-order valence-electron chi connectivity index (χ1n) is 15.4. The monoisotopic (exact) mass is 693 g/mol. The van der Waals surface area contributed by atoms with Gasteiger partial charge >= 0.3 is 18.5 Å². The number of aromatic nitrogens is 2. The fourth-order valence-corrected chi connectivity index (χ4v) is 7.71. The van der Waals surface area contributed by atoms with Crippen LogP contribution in [0.1, 0.15) is 71.7 Å². The van der Waals surface area contributed by atoms with Crippen LogP contribution in [0.15, 0.2) is 52.4 Å². The fraction of sp³-hybridized carbons (Fsp3) is 0.424. The molecule has 0 spiro atoms. The predicted molar refractivity (Wildman–Crippen MR) is 162 cm³/mol. The van der Waals surface area contributed by atoms with Crippen molar-refractivity contribution in [2.45, 2.75) is 81.8 Å². The van der Waals surface area contributed by atoms with E-state index in [0.29, 0.717) is 35.0 Å². The van der Waals surface area contributed by atoms with Gasteiger partial charge in [-0.05, 0) is 62.8 Å². The Labute approximate surface area is 274 Å². The smallest absolute Gasteiger partial charge is 0.465 e. The number of alkyl halides is 6. The highest BCUT2D eigenvalue weighted by molar-refractivity contribution is 7.14. The lowest BCUT2D eigenvalue weighted by atomic mass is 9.99. The Bertz CT molecular complexity index is 1800. The molecule has 2 aromatic carbocycles. The van der Waals surface area contributed by atoms with Crippen molar-refractivity contribution < 1.29 is 49.9 Å². The fourth-order valence-electron chi connectivity index (χ4n) is 6.73. The average Bonchev–Trinajstić information content (AvgIpc) is 3.50.